The van der Waals surface area contributed by atoms with Crippen molar-refractivity contribution in [2.45, 2.75) is 20.3 Å². The molecule has 2 nitrogen and oxygen atoms in total. The number of hydrogen-bond donors (Lipinski definition) is 0. The molecule has 0 radical (unpaired) electrons. The van der Waals surface area contributed by atoms with Gasteiger partial charge in [0, 0.05) is 11.3 Å². The van der Waals surface area contributed by atoms with Gasteiger partial charge in [0.05, 0.1) is 10.6 Å². The number of hydrogen-bond acceptors (Lipinski definition) is 2. The first-order valence-corrected chi connectivity index (χ1v) is 6.27. The summed E-state index contributed by atoms with van der Waals surface area (Å²) in [6.07, 6.45) is 0.712. The predicted octanol–water partition coefficient (Wildman–Crippen LogP) is 4.46. The molecule has 0 atom stereocenters. The molecule has 5 heteroatoms. The highest BCUT2D eigenvalue weighted by molar-refractivity contribution is 6.31. The minimum atomic E-state index is -0.527. The van der Waals surface area contributed by atoms with Crippen molar-refractivity contribution in [3.8, 4) is 11.4 Å². The molecule has 1 aromatic carbocycles. The molecular weight excluding hydrogens is 274 g/mol. The minimum absolute atomic E-state index is 0.0471. The van der Waals surface area contributed by atoms with Gasteiger partial charge in [-0.15, -0.1) is 0 Å². The van der Waals surface area contributed by atoms with Crippen LogP contribution in [0.25, 0.3) is 11.4 Å². The second-order valence-corrected chi connectivity index (χ2v) is 4.63. The highest BCUT2D eigenvalue weighted by Crippen LogP contribution is 2.27. The largest absolute Gasteiger partial charge is 0.233 e. The fourth-order valence-electron chi connectivity index (χ4n) is 1.67. The maximum absolute atomic E-state index is 13.9. The molecule has 2 rings (SSSR count). The third kappa shape index (κ3) is 2.33. The Morgan fingerprint density at radius 2 is 1.94 bits per heavy atom. The van der Waals surface area contributed by atoms with Crippen LogP contribution in [-0.2, 0) is 6.42 Å². The zero-order chi connectivity index (χ0) is 13.3. The minimum Gasteiger partial charge on any atom is -0.233 e. The van der Waals surface area contributed by atoms with E-state index >= 15 is 0 Å². The van der Waals surface area contributed by atoms with E-state index in [1.54, 1.807) is 12.1 Å². The second kappa shape index (κ2) is 5.21. The lowest BCUT2D eigenvalue weighted by molar-refractivity contribution is 0.630. The highest BCUT2D eigenvalue weighted by atomic mass is 35.5. The number of halogens is 3. The van der Waals surface area contributed by atoms with Crippen LogP contribution in [0.4, 0.5) is 4.39 Å². The Morgan fingerprint density at radius 3 is 2.61 bits per heavy atom. The number of nitrogens with zero attached hydrogens (tertiary/aromatic N) is 2. The molecule has 0 spiro atoms. The topological polar surface area (TPSA) is 25.8 Å². The zero-order valence-electron chi connectivity index (χ0n) is 9.97. The molecule has 0 amide bonds. The van der Waals surface area contributed by atoms with Gasteiger partial charge in [0.15, 0.2) is 11.6 Å². The van der Waals surface area contributed by atoms with Crippen LogP contribution in [0.5, 0.6) is 0 Å². The Hall–Kier alpha value is -1.19. The smallest absolute Gasteiger partial charge is 0.164 e. The van der Waals surface area contributed by atoms with Crippen LogP contribution >= 0.6 is 23.2 Å². The van der Waals surface area contributed by atoms with E-state index in [1.807, 2.05) is 13.8 Å². The van der Waals surface area contributed by atoms with E-state index in [-0.39, 0.29) is 16.4 Å². The molecule has 0 saturated carbocycles. The van der Waals surface area contributed by atoms with Crippen molar-refractivity contribution in [1.82, 2.24) is 9.97 Å². The van der Waals surface area contributed by atoms with E-state index in [1.165, 1.54) is 6.07 Å². The summed E-state index contributed by atoms with van der Waals surface area (Å²) in [5.74, 6) is -0.261. The van der Waals surface area contributed by atoms with Gasteiger partial charge < -0.3 is 0 Å². The number of aromatic nitrogens is 2. The van der Waals surface area contributed by atoms with Crippen LogP contribution < -0.4 is 0 Å². The van der Waals surface area contributed by atoms with Crippen molar-refractivity contribution in [1.29, 1.82) is 0 Å². The molecule has 0 unspecified atom stereocenters. The summed E-state index contributed by atoms with van der Waals surface area (Å²) in [4.78, 5) is 8.44. The van der Waals surface area contributed by atoms with Gasteiger partial charge in [-0.05, 0) is 25.5 Å². The van der Waals surface area contributed by atoms with Gasteiger partial charge in [-0.3, -0.25) is 0 Å². The Morgan fingerprint density at radius 1 is 1.22 bits per heavy atom. The fraction of sp³-hybridized carbons (Fsp3) is 0.231. The van der Waals surface area contributed by atoms with Gasteiger partial charge in [-0.25, -0.2) is 14.4 Å². The molecule has 0 saturated heterocycles. The average molecular weight is 285 g/mol. The van der Waals surface area contributed by atoms with Crippen LogP contribution in [0.1, 0.15) is 18.2 Å². The van der Waals surface area contributed by atoms with Crippen LogP contribution in [0.3, 0.4) is 0 Å². The van der Waals surface area contributed by atoms with Crippen LogP contribution in [0.2, 0.25) is 10.2 Å². The van der Waals surface area contributed by atoms with Crippen molar-refractivity contribution in [3.05, 3.63) is 45.4 Å². The molecule has 0 aliphatic heterocycles. The summed E-state index contributed by atoms with van der Waals surface area (Å²) in [6.45, 7) is 3.81. The lowest BCUT2D eigenvalue weighted by atomic mass is 10.1. The molecule has 0 aliphatic rings. The third-order valence-electron chi connectivity index (χ3n) is 2.71. The molecule has 0 bridgehead atoms. The molecule has 1 aromatic heterocycles. The first-order valence-electron chi connectivity index (χ1n) is 5.52. The Kier molecular flexibility index (Phi) is 3.83. The summed E-state index contributed by atoms with van der Waals surface area (Å²) >= 11 is 11.8. The molecule has 0 aliphatic carbocycles. The molecule has 0 fully saturated rings. The van der Waals surface area contributed by atoms with E-state index in [2.05, 4.69) is 9.97 Å². The zero-order valence-corrected chi connectivity index (χ0v) is 11.5. The fourth-order valence-corrected chi connectivity index (χ4v) is 2.04. The van der Waals surface area contributed by atoms with E-state index < -0.39 is 5.82 Å². The lowest BCUT2D eigenvalue weighted by Crippen LogP contribution is -2.01. The maximum atomic E-state index is 13.9. The summed E-state index contributed by atoms with van der Waals surface area (Å²) in [5.41, 5.74) is 1.90. The van der Waals surface area contributed by atoms with Gasteiger partial charge >= 0.3 is 0 Å². The summed E-state index contributed by atoms with van der Waals surface area (Å²) in [6, 6.07) is 4.72. The van der Waals surface area contributed by atoms with Gasteiger partial charge in [0.1, 0.15) is 5.15 Å². The van der Waals surface area contributed by atoms with Crippen LogP contribution in [0, 0.1) is 12.7 Å². The van der Waals surface area contributed by atoms with Gasteiger partial charge in [0.25, 0.3) is 0 Å². The standard InChI is InChI=1S/C13H11Cl2FN2/c1-3-10-7(2)12(15)18-13(17-10)8-5-4-6-9(14)11(8)16/h4-6H,3H2,1-2H3. The first kappa shape index (κ1) is 13.2. The van der Waals surface area contributed by atoms with Crippen molar-refractivity contribution in [2.75, 3.05) is 0 Å². The van der Waals surface area contributed by atoms with Crippen LogP contribution in [-0.4, -0.2) is 9.97 Å². The molecule has 0 N–H and O–H groups in total. The number of benzene rings is 1. The first-order chi connectivity index (χ1) is 8.54. The average Bonchev–Trinajstić information content (AvgIpc) is 2.36. The summed E-state index contributed by atoms with van der Waals surface area (Å²) in [5, 5.41) is 0.391. The van der Waals surface area contributed by atoms with Crippen molar-refractivity contribution in [2.24, 2.45) is 0 Å². The normalized spacial score (nSPS) is 10.7. The molecule has 94 valence electrons. The third-order valence-corrected chi connectivity index (χ3v) is 3.37. The SMILES string of the molecule is CCc1nc(-c2cccc(Cl)c2F)nc(Cl)c1C. The van der Waals surface area contributed by atoms with Crippen molar-refractivity contribution >= 4 is 23.2 Å². The van der Waals surface area contributed by atoms with Crippen molar-refractivity contribution < 1.29 is 4.39 Å². The predicted molar refractivity (Wildman–Crippen MR) is 71.6 cm³/mol. The molecular formula is C13H11Cl2FN2. The molecule has 18 heavy (non-hydrogen) atoms. The van der Waals surface area contributed by atoms with Gasteiger partial charge in [0.2, 0.25) is 0 Å². The van der Waals surface area contributed by atoms with Crippen molar-refractivity contribution in [3.63, 3.8) is 0 Å². The summed E-state index contributed by atoms with van der Waals surface area (Å²) < 4.78 is 13.9. The molecule has 2 aromatic rings. The van der Waals surface area contributed by atoms with E-state index in [0.717, 1.165) is 11.3 Å². The van der Waals surface area contributed by atoms with Crippen LogP contribution in [0.15, 0.2) is 18.2 Å². The Bertz CT molecular complexity index is 600. The second-order valence-electron chi connectivity index (χ2n) is 3.86. The highest BCUT2D eigenvalue weighted by Gasteiger charge is 2.14. The Balaban J connectivity index is 2.64. The number of rotatable bonds is 2. The van der Waals surface area contributed by atoms with Gasteiger partial charge in [-0.2, -0.15) is 0 Å². The monoisotopic (exact) mass is 284 g/mol. The maximum Gasteiger partial charge on any atom is 0.164 e. The molecule has 1 heterocycles. The van der Waals surface area contributed by atoms with E-state index in [9.17, 15) is 4.39 Å². The van der Waals surface area contributed by atoms with E-state index in [0.29, 0.717) is 11.6 Å². The van der Waals surface area contributed by atoms with E-state index in [4.69, 9.17) is 23.2 Å². The number of aryl methyl sites for hydroxylation is 1. The quantitative estimate of drug-likeness (QED) is 0.761. The summed E-state index contributed by atoms with van der Waals surface area (Å²) in [7, 11) is 0. The lowest BCUT2D eigenvalue weighted by Gasteiger charge is -2.08. The van der Waals surface area contributed by atoms with Gasteiger partial charge in [-0.1, -0.05) is 36.2 Å². The Labute approximate surface area is 115 Å².